The summed E-state index contributed by atoms with van der Waals surface area (Å²) >= 11 is 0. The van der Waals surface area contributed by atoms with Crippen LogP contribution in [-0.2, 0) is 20.9 Å². The second-order valence-corrected chi connectivity index (χ2v) is 6.79. The molecule has 0 saturated heterocycles. The van der Waals surface area contributed by atoms with Gasteiger partial charge < -0.3 is 4.74 Å². The fourth-order valence-corrected chi connectivity index (χ4v) is 2.79. The zero-order chi connectivity index (χ0) is 20.2. The number of carbonyl (C=O) groups is 1. The summed E-state index contributed by atoms with van der Waals surface area (Å²) in [5.74, 6) is -2.10. The lowest BCUT2D eigenvalue weighted by molar-refractivity contribution is -0.388. The predicted molar refractivity (Wildman–Crippen MR) is 87.4 cm³/mol. The highest BCUT2D eigenvalue weighted by Gasteiger charge is 2.38. The van der Waals surface area contributed by atoms with E-state index in [-0.39, 0.29) is 11.6 Å². The van der Waals surface area contributed by atoms with Crippen LogP contribution in [0.4, 0.5) is 24.5 Å². The van der Waals surface area contributed by atoms with Crippen LogP contribution in [0.15, 0.2) is 48.5 Å². The van der Waals surface area contributed by atoms with Crippen LogP contribution in [0.5, 0.6) is 0 Å². The minimum absolute atomic E-state index is 0.0855. The molecule has 144 valence electrons. The van der Waals surface area contributed by atoms with Gasteiger partial charge >= 0.3 is 12.1 Å². The zero-order valence-electron chi connectivity index (χ0n) is 13.3. The number of ether oxygens (including phenoxy) is 1. The van der Waals surface area contributed by atoms with Gasteiger partial charge in [-0.15, -0.1) is 0 Å². The third kappa shape index (κ3) is 5.41. The van der Waals surface area contributed by atoms with Crippen molar-refractivity contribution in [3.63, 3.8) is 0 Å². The summed E-state index contributed by atoms with van der Waals surface area (Å²) in [5, 5.41) is 10.7. The van der Waals surface area contributed by atoms with E-state index < -0.39 is 50.0 Å². The van der Waals surface area contributed by atoms with Gasteiger partial charge in [-0.2, -0.15) is 13.2 Å². The molecule has 1 N–H and O–H groups in total. The van der Waals surface area contributed by atoms with Crippen LogP contribution in [0, 0.1) is 10.1 Å². The highest BCUT2D eigenvalue weighted by atomic mass is 32.2. The van der Waals surface area contributed by atoms with Crippen LogP contribution in [0.3, 0.4) is 0 Å². The number of rotatable bonds is 6. The van der Waals surface area contributed by atoms with Crippen molar-refractivity contribution in [2.45, 2.75) is 6.18 Å². The average Bonchev–Trinajstić information content (AvgIpc) is 2.59. The highest BCUT2D eigenvalue weighted by molar-refractivity contribution is 7.92. The van der Waals surface area contributed by atoms with Gasteiger partial charge in [-0.3, -0.25) is 14.8 Å². The van der Waals surface area contributed by atoms with E-state index in [0.29, 0.717) is 6.07 Å². The first kappa shape index (κ1) is 20.2. The number of alkyl halides is 3. The molecule has 0 bridgehead atoms. The summed E-state index contributed by atoms with van der Waals surface area (Å²) in [5.41, 5.74) is -3.32. The molecule has 0 aromatic heterocycles. The Labute approximate surface area is 150 Å². The van der Waals surface area contributed by atoms with Crippen LogP contribution >= 0.6 is 0 Å². The first-order valence-electron chi connectivity index (χ1n) is 7.08. The maximum Gasteiger partial charge on any atom is 0.423 e. The van der Waals surface area contributed by atoms with E-state index in [9.17, 15) is 36.5 Å². The molecule has 0 radical (unpaired) electrons. The van der Waals surface area contributed by atoms with Gasteiger partial charge in [-0.1, -0.05) is 18.2 Å². The highest BCUT2D eigenvalue weighted by Crippen LogP contribution is 2.37. The maximum absolute atomic E-state index is 12.9. The van der Waals surface area contributed by atoms with Crippen molar-refractivity contribution in [2.24, 2.45) is 0 Å². The Balaban J connectivity index is 2.15. The molecule has 27 heavy (non-hydrogen) atoms. The summed E-state index contributed by atoms with van der Waals surface area (Å²) in [7, 11) is -4.36. The molecule has 2 rings (SSSR count). The number of hydrogen-bond acceptors (Lipinski definition) is 6. The van der Waals surface area contributed by atoms with Crippen LogP contribution < -0.4 is 4.72 Å². The molecule has 0 unspecified atom stereocenters. The summed E-state index contributed by atoms with van der Waals surface area (Å²) in [4.78, 5) is 21.2. The van der Waals surface area contributed by atoms with Gasteiger partial charge in [0.15, 0.2) is 0 Å². The van der Waals surface area contributed by atoms with E-state index in [1.165, 1.54) is 24.3 Å². The van der Waals surface area contributed by atoms with Crippen molar-refractivity contribution in [1.29, 1.82) is 0 Å². The number of sulfonamides is 1. The van der Waals surface area contributed by atoms with Gasteiger partial charge in [0.25, 0.3) is 15.7 Å². The van der Waals surface area contributed by atoms with Crippen LogP contribution in [0.2, 0.25) is 0 Å². The molecule has 8 nitrogen and oxygen atoms in total. The van der Waals surface area contributed by atoms with Gasteiger partial charge in [0, 0.05) is 11.8 Å². The summed E-state index contributed by atoms with van der Waals surface area (Å²) < 4.78 is 68.9. The Bertz CT molecular complexity index is 961. The smallest absolute Gasteiger partial charge is 0.423 e. The number of carbonyl (C=O) groups excluding carboxylic acids is 1. The maximum atomic E-state index is 12.9. The van der Waals surface area contributed by atoms with Crippen molar-refractivity contribution < 1.29 is 36.0 Å². The minimum atomic E-state index is -5.07. The number of anilines is 1. The molecule has 0 aliphatic heterocycles. The molecular weight excluding hydrogens is 393 g/mol. The fraction of sp³-hybridized carbons (Fsp3) is 0.133. The molecule has 2 aromatic carbocycles. The van der Waals surface area contributed by atoms with E-state index in [4.69, 9.17) is 0 Å². The van der Waals surface area contributed by atoms with Crippen LogP contribution in [0.1, 0.15) is 15.9 Å². The topological polar surface area (TPSA) is 116 Å². The van der Waals surface area contributed by atoms with Crippen molar-refractivity contribution in [3.05, 3.63) is 69.8 Å². The monoisotopic (exact) mass is 404 g/mol. The number of hydrogen-bond donors (Lipinski definition) is 1. The van der Waals surface area contributed by atoms with Crippen LogP contribution in [-0.4, -0.2) is 25.2 Å². The van der Waals surface area contributed by atoms with Gasteiger partial charge in [-0.25, -0.2) is 13.2 Å². The van der Waals surface area contributed by atoms with Crippen molar-refractivity contribution >= 4 is 27.4 Å². The van der Waals surface area contributed by atoms with E-state index >= 15 is 0 Å². The summed E-state index contributed by atoms with van der Waals surface area (Å²) in [6, 6.07) is 9.05. The van der Waals surface area contributed by atoms with Gasteiger partial charge in [-0.05, 0) is 24.3 Å². The summed E-state index contributed by atoms with van der Waals surface area (Å²) in [6.07, 6.45) is -5.07. The number of nitrogens with zero attached hydrogens (tertiary/aromatic N) is 1. The third-order valence-electron chi connectivity index (χ3n) is 3.13. The lowest BCUT2D eigenvalue weighted by Gasteiger charge is -2.12. The Hall–Kier alpha value is -3.15. The fourth-order valence-electron chi connectivity index (χ4n) is 1.98. The number of benzene rings is 2. The Morgan fingerprint density at radius 2 is 1.78 bits per heavy atom. The second kappa shape index (κ2) is 7.61. The molecule has 0 saturated carbocycles. The van der Waals surface area contributed by atoms with E-state index in [0.717, 1.165) is 6.07 Å². The van der Waals surface area contributed by atoms with Gasteiger partial charge in [0.1, 0.15) is 5.56 Å². The number of nitro benzene ring substituents is 1. The van der Waals surface area contributed by atoms with E-state index in [2.05, 4.69) is 4.74 Å². The van der Waals surface area contributed by atoms with Crippen molar-refractivity contribution in [2.75, 3.05) is 10.7 Å². The Kier molecular flexibility index (Phi) is 5.69. The molecule has 0 aliphatic rings. The van der Waals surface area contributed by atoms with Crippen LogP contribution in [0.25, 0.3) is 0 Å². The number of halogens is 3. The quantitative estimate of drug-likeness (QED) is 0.449. The molecule has 0 heterocycles. The average molecular weight is 404 g/mol. The minimum Gasteiger partial charge on any atom is -0.444 e. The summed E-state index contributed by atoms with van der Waals surface area (Å²) in [6.45, 7) is 0. The van der Waals surface area contributed by atoms with Crippen molar-refractivity contribution in [1.82, 2.24) is 0 Å². The van der Waals surface area contributed by atoms with E-state index in [1.807, 2.05) is 0 Å². The lowest BCUT2D eigenvalue weighted by Crippen LogP contribution is -2.21. The Morgan fingerprint density at radius 3 is 2.33 bits per heavy atom. The Morgan fingerprint density at radius 1 is 1.15 bits per heavy atom. The van der Waals surface area contributed by atoms with Gasteiger partial charge in [0.2, 0.25) is 5.94 Å². The molecule has 0 aliphatic carbocycles. The first-order valence-corrected chi connectivity index (χ1v) is 8.73. The number of nitro groups is 1. The van der Waals surface area contributed by atoms with Gasteiger partial charge in [0.05, 0.1) is 10.5 Å². The molecule has 0 spiro atoms. The second-order valence-electron chi connectivity index (χ2n) is 5.12. The third-order valence-corrected chi connectivity index (χ3v) is 4.10. The molecule has 2 aromatic rings. The molecule has 0 amide bonds. The zero-order valence-corrected chi connectivity index (χ0v) is 14.1. The lowest BCUT2D eigenvalue weighted by atomic mass is 10.1. The standard InChI is InChI=1S/C15H11F3N2O6S/c16-15(17,18)12-8-11(6-7-13(12)20(22)23)19-27(24,25)9-26-14(21)10-4-2-1-3-5-10/h1-8,19H,9H2. The van der Waals surface area contributed by atoms with E-state index in [1.54, 1.807) is 10.8 Å². The molecule has 0 atom stereocenters. The van der Waals surface area contributed by atoms with Crippen molar-refractivity contribution in [3.8, 4) is 0 Å². The number of esters is 1. The molecule has 12 heteroatoms. The SMILES string of the molecule is O=C(OCS(=O)(=O)Nc1ccc([N+](=O)[O-])c(C(F)(F)F)c1)c1ccccc1. The molecular formula is C15H11F3N2O6S. The predicted octanol–water partition coefficient (Wildman–Crippen LogP) is 3.17. The normalized spacial score (nSPS) is 11.7. The number of nitrogens with one attached hydrogen (secondary N) is 1. The first-order chi connectivity index (χ1) is 12.5. The largest absolute Gasteiger partial charge is 0.444 e. The molecule has 0 fully saturated rings.